The second kappa shape index (κ2) is 8.61. The summed E-state index contributed by atoms with van der Waals surface area (Å²) in [6.07, 6.45) is -2.56. The molecule has 1 aliphatic rings. The predicted octanol–water partition coefficient (Wildman–Crippen LogP) is 6.20. The standard InChI is InChI=1S/C27H21F3N2O3/c28-27(29,30)18-8-6-17(13-25(33)34)24(14-18)35-23-9-7-15-4-5-16(12-22(15)23)19-2-1-3-21-20(19)10-11-32-26(21)31/h1-6,8,10-12,14,23H,7,9,13H2,(H2,31,32)(H,33,34). The van der Waals surface area contributed by atoms with Crippen molar-refractivity contribution in [2.45, 2.75) is 31.5 Å². The van der Waals surface area contributed by atoms with Crippen LogP contribution in [0, 0.1) is 0 Å². The van der Waals surface area contributed by atoms with Crippen molar-refractivity contribution in [3.63, 3.8) is 0 Å². The van der Waals surface area contributed by atoms with Gasteiger partial charge < -0.3 is 15.6 Å². The van der Waals surface area contributed by atoms with Crippen molar-refractivity contribution in [1.29, 1.82) is 0 Å². The van der Waals surface area contributed by atoms with E-state index in [-0.39, 0.29) is 11.3 Å². The molecule has 0 aliphatic heterocycles. The summed E-state index contributed by atoms with van der Waals surface area (Å²) in [4.78, 5) is 15.4. The molecule has 3 N–H and O–H groups in total. The van der Waals surface area contributed by atoms with Crippen molar-refractivity contribution in [1.82, 2.24) is 4.98 Å². The van der Waals surface area contributed by atoms with Crippen LogP contribution in [0.5, 0.6) is 5.75 Å². The SMILES string of the molecule is Nc1nccc2c(-c3ccc4c(c3)C(Oc3cc(C(F)(F)F)ccc3CC(=O)O)CC4)cccc12. The van der Waals surface area contributed by atoms with Gasteiger partial charge in [0, 0.05) is 17.1 Å². The average molecular weight is 478 g/mol. The molecule has 1 heterocycles. The molecule has 0 saturated heterocycles. The zero-order valence-electron chi connectivity index (χ0n) is 18.5. The van der Waals surface area contributed by atoms with Gasteiger partial charge in [0.15, 0.2) is 0 Å². The van der Waals surface area contributed by atoms with E-state index < -0.39 is 30.2 Å². The fourth-order valence-corrected chi connectivity index (χ4v) is 4.64. The van der Waals surface area contributed by atoms with Gasteiger partial charge in [-0.1, -0.05) is 36.4 Å². The predicted molar refractivity (Wildman–Crippen MR) is 126 cm³/mol. The van der Waals surface area contributed by atoms with Crippen LogP contribution in [-0.4, -0.2) is 16.1 Å². The summed E-state index contributed by atoms with van der Waals surface area (Å²) in [7, 11) is 0. The fourth-order valence-electron chi connectivity index (χ4n) is 4.64. The van der Waals surface area contributed by atoms with Crippen molar-refractivity contribution in [3.05, 3.63) is 89.1 Å². The van der Waals surface area contributed by atoms with Crippen LogP contribution >= 0.6 is 0 Å². The van der Waals surface area contributed by atoms with Crippen molar-refractivity contribution >= 4 is 22.6 Å². The zero-order chi connectivity index (χ0) is 24.7. The molecule has 178 valence electrons. The fraction of sp³-hybridized carbons (Fsp3) is 0.185. The molecule has 1 aromatic heterocycles. The number of carbonyl (C=O) groups is 1. The molecule has 3 aromatic carbocycles. The van der Waals surface area contributed by atoms with Crippen LogP contribution in [0.3, 0.4) is 0 Å². The average Bonchev–Trinajstić information content (AvgIpc) is 3.21. The van der Waals surface area contributed by atoms with Crippen LogP contribution in [0.15, 0.2) is 66.9 Å². The van der Waals surface area contributed by atoms with Gasteiger partial charge in [0.25, 0.3) is 0 Å². The number of benzene rings is 3. The number of nitrogens with two attached hydrogens (primary N) is 1. The van der Waals surface area contributed by atoms with Gasteiger partial charge in [-0.25, -0.2) is 4.98 Å². The monoisotopic (exact) mass is 478 g/mol. The number of nitrogens with zero attached hydrogens (tertiary/aromatic N) is 1. The zero-order valence-corrected chi connectivity index (χ0v) is 18.5. The van der Waals surface area contributed by atoms with E-state index in [9.17, 15) is 23.1 Å². The van der Waals surface area contributed by atoms with Gasteiger partial charge in [0.1, 0.15) is 17.7 Å². The molecule has 5 rings (SSSR count). The summed E-state index contributed by atoms with van der Waals surface area (Å²) in [5.41, 5.74) is 9.16. The minimum atomic E-state index is -4.56. The van der Waals surface area contributed by atoms with Crippen molar-refractivity contribution in [3.8, 4) is 16.9 Å². The van der Waals surface area contributed by atoms with E-state index >= 15 is 0 Å². The van der Waals surface area contributed by atoms with E-state index in [1.54, 1.807) is 6.20 Å². The maximum atomic E-state index is 13.3. The Hall–Kier alpha value is -4.07. The Morgan fingerprint density at radius 2 is 1.91 bits per heavy atom. The van der Waals surface area contributed by atoms with Crippen LogP contribution in [-0.2, 0) is 23.8 Å². The van der Waals surface area contributed by atoms with Gasteiger partial charge in [0.05, 0.1) is 12.0 Å². The summed E-state index contributed by atoms with van der Waals surface area (Å²) in [6.45, 7) is 0. The Labute approximate surface area is 199 Å². The summed E-state index contributed by atoms with van der Waals surface area (Å²) in [5, 5.41) is 11.0. The molecule has 0 amide bonds. The van der Waals surface area contributed by atoms with Crippen LogP contribution < -0.4 is 10.5 Å². The molecule has 5 nitrogen and oxygen atoms in total. The number of carboxylic acids is 1. The highest BCUT2D eigenvalue weighted by atomic mass is 19.4. The third-order valence-corrected chi connectivity index (χ3v) is 6.32. The molecule has 0 fully saturated rings. The van der Waals surface area contributed by atoms with Gasteiger partial charge in [-0.05, 0) is 64.7 Å². The van der Waals surface area contributed by atoms with E-state index in [0.29, 0.717) is 18.7 Å². The lowest BCUT2D eigenvalue weighted by Gasteiger charge is -2.20. The van der Waals surface area contributed by atoms with E-state index in [0.717, 1.165) is 45.2 Å². The number of aromatic nitrogens is 1. The number of hydrogen-bond donors (Lipinski definition) is 2. The Morgan fingerprint density at radius 3 is 2.69 bits per heavy atom. The summed E-state index contributed by atoms with van der Waals surface area (Å²) in [5.74, 6) is -0.773. The van der Waals surface area contributed by atoms with Gasteiger partial charge in [-0.2, -0.15) is 13.2 Å². The smallest absolute Gasteiger partial charge is 0.416 e. The van der Waals surface area contributed by atoms with Crippen molar-refractivity contribution in [2.24, 2.45) is 0 Å². The molecule has 0 bridgehead atoms. The molecular formula is C27H21F3N2O3. The highest BCUT2D eigenvalue weighted by Crippen LogP contribution is 2.41. The topological polar surface area (TPSA) is 85.4 Å². The highest BCUT2D eigenvalue weighted by Gasteiger charge is 2.32. The second-order valence-electron chi connectivity index (χ2n) is 8.55. The number of nitrogen functional groups attached to an aromatic ring is 1. The normalized spacial score (nSPS) is 15.2. The largest absolute Gasteiger partial charge is 0.485 e. The molecule has 35 heavy (non-hydrogen) atoms. The third-order valence-electron chi connectivity index (χ3n) is 6.32. The number of alkyl halides is 3. The van der Waals surface area contributed by atoms with E-state index in [4.69, 9.17) is 10.5 Å². The lowest BCUT2D eigenvalue weighted by Crippen LogP contribution is -2.11. The number of aliphatic carboxylic acids is 1. The number of fused-ring (bicyclic) bond motifs is 2. The number of halogens is 3. The maximum Gasteiger partial charge on any atom is 0.416 e. The molecule has 0 saturated carbocycles. The van der Waals surface area contributed by atoms with Gasteiger partial charge in [-0.15, -0.1) is 0 Å². The van der Waals surface area contributed by atoms with E-state index in [2.05, 4.69) is 4.98 Å². The van der Waals surface area contributed by atoms with Crippen molar-refractivity contribution < 1.29 is 27.8 Å². The number of ether oxygens (including phenoxy) is 1. The molecule has 1 unspecified atom stereocenters. The number of carboxylic acid groups (broad SMARTS) is 1. The lowest BCUT2D eigenvalue weighted by molar-refractivity contribution is -0.137. The number of hydrogen-bond acceptors (Lipinski definition) is 4. The summed E-state index contributed by atoms with van der Waals surface area (Å²) >= 11 is 0. The number of anilines is 1. The summed E-state index contributed by atoms with van der Waals surface area (Å²) < 4.78 is 46.1. The van der Waals surface area contributed by atoms with Crippen LogP contribution in [0.4, 0.5) is 19.0 Å². The van der Waals surface area contributed by atoms with E-state index in [1.807, 2.05) is 42.5 Å². The molecule has 1 atom stereocenters. The Kier molecular flexibility index (Phi) is 5.59. The van der Waals surface area contributed by atoms with Gasteiger partial charge in [0.2, 0.25) is 0 Å². The molecule has 1 aliphatic carbocycles. The molecule has 0 spiro atoms. The Morgan fingerprint density at radius 1 is 1.09 bits per heavy atom. The minimum absolute atomic E-state index is 0.0607. The first-order chi connectivity index (χ1) is 16.7. The number of rotatable bonds is 5. The first kappa shape index (κ1) is 22.7. The van der Waals surface area contributed by atoms with Crippen molar-refractivity contribution in [2.75, 3.05) is 5.73 Å². The first-order valence-electron chi connectivity index (χ1n) is 11.1. The molecule has 8 heteroatoms. The van der Waals surface area contributed by atoms with Gasteiger partial charge >= 0.3 is 12.1 Å². The molecular weight excluding hydrogens is 457 g/mol. The van der Waals surface area contributed by atoms with Gasteiger partial charge in [-0.3, -0.25) is 4.79 Å². The van der Waals surface area contributed by atoms with E-state index in [1.165, 1.54) is 6.07 Å². The summed E-state index contributed by atoms with van der Waals surface area (Å²) in [6, 6.07) is 16.6. The van der Waals surface area contributed by atoms with Crippen LogP contribution in [0.25, 0.3) is 21.9 Å². The van der Waals surface area contributed by atoms with Crippen LogP contribution in [0.2, 0.25) is 0 Å². The lowest BCUT2D eigenvalue weighted by atomic mass is 9.96. The third kappa shape index (κ3) is 4.39. The quantitative estimate of drug-likeness (QED) is 0.357. The molecule has 4 aromatic rings. The van der Waals surface area contributed by atoms with Crippen LogP contribution in [0.1, 0.15) is 34.8 Å². The molecule has 0 radical (unpaired) electrons. The first-order valence-corrected chi connectivity index (χ1v) is 11.1. The number of aryl methyl sites for hydroxylation is 1. The number of pyridine rings is 1. The maximum absolute atomic E-state index is 13.3. The minimum Gasteiger partial charge on any atom is -0.485 e. The Bertz CT molecular complexity index is 1450. The Balaban J connectivity index is 1.54. The highest BCUT2D eigenvalue weighted by molar-refractivity contribution is 6.01. The second-order valence-corrected chi connectivity index (χ2v) is 8.55.